The summed E-state index contributed by atoms with van der Waals surface area (Å²) in [5, 5.41) is 8.16. The van der Waals surface area contributed by atoms with Crippen molar-refractivity contribution in [3.8, 4) is 22.5 Å². The van der Waals surface area contributed by atoms with E-state index in [1.165, 1.54) is 11.3 Å². The Labute approximate surface area is 192 Å². The second-order valence-corrected chi connectivity index (χ2v) is 8.16. The number of thiazole rings is 1. The van der Waals surface area contributed by atoms with Gasteiger partial charge in [0.1, 0.15) is 11.5 Å². The van der Waals surface area contributed by atoms with E-state index in [2.05, 4.69) is 30.6 Å². The molecule has 158 valence electrons. The first-order valence-electron chi connectivity index (χ1n) is 9.74. The predicted molar refractivity (Wildman–Crippen MR) is 129 cm³/mol. The molecule has 0 aliphatic carbocycles. The number of nitrogens with one attached hydrogen (secondary N) is 3. The number of halogens is 1. The summed E-state index contributed by atoms with van der Waals surface area (Å²) < 4.78 is 0. The minimum Gasteiger partial charge on any atom is -0.388 e. The quantitative estimate of drug-likeness (QED) is 0.313. The van der Waals surface area contributed by atoms with Gasteiger partial charge in [-0.25, -0.2) is 15.0 Å². The molecule has 0 aliphatic rings. The van der Waals surface area contributed by atoms with E-state index in [0.29, 0.717) is 33.4 Å². The van der Waals surface area contributed by atoms with Gasteiger partial charge in [-0.1, -0.05) is 23.7 Å². The molecule has 2 aromatic carbocycles. The Hall–Kier alpha value is -3.75. The van der Waals surface area contributed by atoms with Crippen molar-refractivity contribution in [2.75, 3.05) is 17.7 Å². The van der Waals surface area contributed by atoms with Crippen LogP contribution >= 0.6 is 22.9 Å². The topological polar surface area (TPSA) is 95.6 Å². The lowest BCUT2D eigenvalue weighted by atomic mass is 10.1. The second kappa shape index (κ2) is 8.41. The van der Waals surface area contributed by atoms with E-state index in [9.17, 15) is 4.79 Å². The molecule has 0 saturated carbocycles. The van der Waals surface area contributed by atoms with Crippen LogP contribution in [0.15, 0.2) is 65.6 Å². The Balaban J connectivity index is 1.46. The van der Waals surface area contributed by atoms with Crippen molar-refractivity contribution in [3.63, 3.8) is 0 Å². The van der Waals surface area contributed by atoms with E-state index in [-0.39, 0.29) is 5.91 Å². The van der Waals surface area contributed by atoms with Crippen LogP contribution in [0, 0.1) is 0 Å². The molecule has 5 aromatic rings. The summed E-state index contributed by atoms with van der Waals surface area (Å²) in [7, 11) is 1.89. The number of pyridine rings is 1. The highest BCUT2D eigenvalue weighted by Gasteiger charge is 2.14. The fraction of sp³-hybridized carbons (Fsp3) is 0.0435. The molecule has 0 fully saturated rings. The van der Waals surface area contributed by atoms with E-state index in [1.54, 1.807) is 35.3 Å². The molecule has 0 aliphatic heterocycles. The van der Waals surface area contributed by atoms with E-state index < -0.39 is 0 Å². The lowest BCUT2D eigenvalue weighted by molar-refractivity contribution is 0.102. The molecule has 1 amide bonds. The van der Waals surface area contributed by atoms with Gasteiger partial charge in [0.15, 0.2) is 5.65 Å². The van der Waals surface area contributed by atoms with Crippen LogP contribution in [0.2, 0.25) is 5.02 Å². The monoisotopic (exact) mass is 460 g/mol. The van der Waals surface area contributed by atoms with Crippen molar-refractivity contribution in [3.05, 3.63) is 76.3 Å². The maximum atomic E-state index is 12.3. The van der Waals surface area contributed by atoms with Crippen LogP contribution in [0.3, 0.4) is 0 Å². The van der Waals surface area contributed by atoms with Crippen molar-refractivity contribution < 1.29 is 4.79 Å². The zero-order valence-electron chi connectivity index (χ0n) is 16.9. The second-order valence-electron chi connectivity index (χ2n) is 7.03. The maximum absolute atomic E-state index is 12.3. The number of rotatable bonds is 5. The van der Waals surface area contributed by atoms with Gasteiger partial charge in [-0.15, -0.1) is 11.3 Å². The van der Waals surface area contributed by atoms with Gasteiger partial charge in [-0.3, -0.25) is 4.79 Å². The van der Waals surface area contributed by atoms with Crippen LogP contribution in [0.4, 0.5) is 11.4 Å². The summed E-state index contributed by atoms with van der Waals surface area (Å²) in [6.07, 6.45) is 1.80. The van der Waals surface area contributed by atoms with Crippen molar-refractivity contribution in [1.29, 1.82) is 0 Å². The summed E-state index contributed by atoms with van der Waals surface area (Å²) in [4.78, 5) is 28.8. The molecule has 0 bridgehead atoms. The lowest BCUT2D eigenvalue weighted by Gasteiger charge is -2.07. The van der Waals surface area contributed by atoms with Crippen molar-refractivity contribution in [2.24, 2.45) is 0 Å². The van der Waals surface area contributed by atoms with E-state index in [1.807, 2.05) is 37.4 Å². The van der Waals surface area contributed by atoms with Gasteiger partial charge in [0.25, 0.3) is 5.91 Å². The van der Waals surface area contributed by atoms with Gasteiger partial charge in [0, 0.05) is 41.1 Å². The number of amides is 1. The summed E-state index contributed by atoms with van der Waals surface area (Å²) in [6.45, 7) is 0. The molecular weight excluding hydrogens is 444 g/mol. The SMILES string of the molecule is CNc1ccc(-c2cnc3nc(-c4cc(NC(=O)c5cscn5)ccc4Cl)[nH]c3c2)cc1. The van der Waals surface area contributed by atoms with Gasteiger partial charge in [-0.2, -0.15) is 0 Å². The van der Waals surface area contributed by atoms with Crippen LogP contribution in [0.5, 0.6) is 0 Å². The normalized spacial score (nSPS) is 10.9. The molecule has 7 nitrogen and oxygen atoms in total. The molecule has 0 spiro atoms. The molecular formula is C23H17ClN6OS. The highest BCUT2D eigenvalue weighted by Crippen LogP contribution is 2.31. The Kier molecular flexibility index (Phi) is 5.30. The number of hydrogen-bond acceptors (Lipinski definition) is 6. The number of nitrogens with zero attached hydrogens (tertiary/aromatic N) is 3. The fourth-order valence-electron chi connectivity index (χ4n) is 3.32. The molecule has 32 heavy (non-hydrogen) atoms. The highest BCUT2D eigenvalue weighted by molar-refractivity contribution is 7.07. The number of H-pyrrole nitrogens is 1. The molecule has 3 N–H and O–H groups in total. The highest BCUT2D eigenvalue weighted by atomic mass is 35.5. The van der Waals surface area contributed by atoms with Crippen molar-refractivity contribution >= 4 is 51.4 Å². The van der Waals surface area contributed by atoms with Crippen molar-refractivity contribution in [2.45, 2.75) is 0 Å². The molecule has 0 unspecified atom stereocenters. The summed E-state index contributed by atoms with van der Waals surface area (Å²) >= 11 is 7.81. The predicted octanol–water partition coefficient (Wildman–Crippen LogP) is 5.70. The Morgan fingerprint density at radius 3 is 2.59 bits per heavy atom. The van der Waals surface area contributed by atoms with Crippen LogP contribution in [0.1, 0.15) is 10.5 Å². The van der Waals surface area contributed by atoms with E-state index in [4.69, 9.17) is 11.6 Å². The molecule has 0 radical (unpaired) electrons. The van der Waals surface area contributed by atoms with Gasteiger partial charge >= 0.3 is 0 Å². The first-order valence-corrected chi connectivity index (χ1v) is 11.1. The standard InChI is InChI=1S/C23H17ClN6OS/c1-25-15-4-2-13(3-5-15)14-8-19-22(26-10-14)30-21(29-19)17-9-16(6-7-18(17)24)28-23(31)20-11-32-12-27-20/h2-12,25H,1H3,(H,28,31)(H,26,29,30). The zero-order chi connectivity index (χ0) is 22.1. The molecule has 0 atom stereocenters. The first-order chi connectivity index (χ1) is 15.6. The molecule has 3 heterocycles. The number of aromatic amines is 1. The third-order valence-electron chi connectivity index (χ3n) is 4.99. The minimum atomic E-state index is -0.278. The molecule has 5 rings (SSSR count). The zero-order valence-corrected chi connectivity index (χ0v) is 18.5. The Bertz CT molecular complexity index is 1410. The summed E-state index contributed by atoms with van der Waals surface area (Å²) in [6, 6.07) is 15.4. The average molecular weight is 461 g/mol. The average Bonchev–Trinajstić information content (AvgIpc) is 3.50. The molecule has 9 heteroatoms. The van der Waals surface area contributed by atoms with Gasteiger partial charge in [0.05, 0.1) is 16.0 Å². The third-order valence-corrected chi connectivity index (χ3v) is 5.90. The largest absolute Gasteiger partial charge is 0.388 e. The smallest absolute Gasteiger partial charge is 0.275 e. The van der Waals surface area contributed by atoms with E-state index >= 15 is 0 Å². The number of imidazole rings is 1. The first kappa shape index (κ1) is 20.2. The van der Waals surface area contributed by atoms with Crippen LogP contribution in [0.25, 0.3) is 33.7 Å². The number of carbonyl (C=O) groups is 1. The van der Waals surface area contributed by atoms with Gasteiger partial charge in [0.2, 0.25) is 0 Å². The number of aromatic nitrogens is 4. The van der Waals surface area contributed by atoms with Gasteiger partial charge in [-0.05, 0) is 42.0 Å². The fourth-order valence-corrected chi connectivity index (χ4v) is 4.06. The third kappa shape index (κ3) is 3.93. The van der Waals surface area contributed by atoms with Crippen LogP contribution in [-0.2, 0) is 0 Å². The number of fused-ring (bicyclic) bond motifs is 1. The summed E-state index contributed by atoms with van der Waals surface area (Å²) in [5.41, 5.74) is 7.71. The van der Waals surface area contributed by atoms with Gasteiger partial charge < -0.3 is 15.6 Å². The minimum absolute atomic E-state index is 0.278. The molecule has 0 saturated heterocycles. The number of carbonyl (C=O) groups excluding carboxylic acids is 1. The number of benzene rings is 2. The Morgan fingerprint density at radius 2 is 1.84 bits per heavy atom. The van der Waals surface area contributed by atoms with E-state index in [0.717, 1.165) is 22.3 Å². The van der Waals surface area contributed by atoms with Crippen LogP contribution < -0.4 is 10.6 Å². The maximum Gasteiger partial charge on any atom is 0.275 e. The van der Waals surface area contributed by atoms with Crippen LogP contribution in [-0.4, -0.2) is 32.9 Å². The number of hydrogen-bond donors (Lipinski definition) is 3. The number of anilines is 2. The lowest BCUT2D eigenvalue weighted by Crippen LogP contribution is -2.12. The molecule has 3 aromatic heterocycles. The van der Waals surface area contributed by atoms with Crippen molar-refractivity contribution in [1.82, 2.24) is 19.9 Å². The summed E-state index contributed by atoms with van der Waals surface area (Å²) in [5.74, 6) is 0.296. The Morgan fingerprint density at radius 1 is 1.03 bits per heavy atom.